The van der Waals surface area contributed by atoms with E-state index in [4.69, 9.17) is 0 Å². The van der Waals surface area contributed by atoms with Gasteiger partial charge in [-0.05, 0) is 25.0 Å². The van der Waals surface area contributed by atoms with Crippen LogP contribution in [0.2, 0.25) is 0 Å². The Morgan fingerprint density at radius 2 is 1.56 bits per heavy atom. The van der Waals surface area contributed by atoms with Gasteiger partial charge >= 0.3 is 5.97 Å². The Labute approximate surface area is 148 Å². The Morgan fingerprint density at radius 3 is 2.12 bits per heavy atom. The number of piperazine rings is 1. The predicted octanol–water partition coefficient (Wildman–Crippen LogP) is 1.47. The molecule has 0 atom stereocenters. The summed E-state index contributed by atoms with van der Waals surface area (Å²) in [4.78, 5) is 39.2. The average Bonchev–Trinajstić information content (AvgIpc) is 2.61. The average molecular weight is 346 g/mol. The van der Waals surface area contributed by atoms with Crippen molar-refractivity contribution in [2.24, 2.45) is 0 Å². The summed E-state index contributed by atoms with van der Waals surface area (Å²) < 4.78 is 4.55. The Bertz CT molecular complexity index is 649. The molecule has 1 aromatic rings. The summed E-state index contributed by atoms with van der Waals surface area (Å²) in [6.45, 7) is 6.15. The molecular weight excluding hydrogens is 320 g/mol. The van der Waals surface area contributed by atoms with Crippen LogP contribution in [0.1, 0.15) is 29.5 Å². The number of nitrogens with zero attached hydrogens (tertiary/aromatic N) is 2. The van der Waals surface area contributed by atoms with Gasteiger partial charge in [-0.25, -0.2) is 0 Å². The zero-order valence-corrected chi connectivity index (χ0v) is 15.2. The normalized spacial score (nSPS) is 14.4. The van der Waals surface area contributed by atoms with E-state index < -0.39 is 0 Å². The molecule has 0 unspecified atom stereocenters. The van der Waals surface area contributed by atoms with E-state index in [1.807, 2.05) is 30.9 Å². The number of rotatable bonds is 5. The van der Waals surface area contributed by atoms with Gasteiger partial charge in [-0.15, -0.1) is 0 Å². The molecule has 2 rings (SSSR count). The van der Waals surface area contributed by atoms with Gasteiger partial charge in [-0.1, -0.05) is 23.8 Å². The van der Waals surface area contributed by atoms with Gasteiger partial charge in [0.15, 0.2) is 0 Å². The molecule has 6 nitrogen and oxygen atoms in total. The minimum Gasteiger partial charge on any atom is -0.469 e. The Kier molecular flexibility index (Phi) is 6.56. The van der Waals surface area contributed by atoms with Crippen molar-refractivity contribution in [1.82, 2.24) is 9.80 Å². The first kappa shape index (κ1) is 19.0. The first-order valence-electron chi connectivity index (χ1n) is 8.59. The number of aryl methyl sites for hydroxylation is 2. The second kappa shape index (κ2) is 8.65. The number of hydrogen-bond donors (Lipinski definition) is 0. The molecule has 0 N–H and O–H groups in total. The van der Waals surface area contributed by atoms with E-state index >= 15 is 0 Å². The van der Waals surface area contributed by atoms with Crippen LogP contribution in [0.15, 0.2) is 18.2 Å². The fourth-order valence-corrected chi connectivity index (χ4v) is 2.99. The predicted molar refractivity (Wildman–Crippen MR) is 94.0 cm³/mol. The van der Waals surface area contributed by atoms with Crippen molar-refractivity contribution in [3.8, 4) is 0 Å². The van der Waals surface area contributed by atoms with Crippen LogP contribution in [-0.4, -0.2) is 60.9 Å². The zero-order chi connectivity index (χ0) is 18.4. The fraction of sp³-hybridized carbons (Fsp3) is 0.526. The van der Waals surface area contributed by atoms with Crippen LogP contribution in [0.25, 0.3) is 0 Å². The Hall–Kier alpha value is -2.37. The second-order valence-corrected chi connectivity index (χ2v) is 6.44. The van der Waals surface area contributed by atoms with E-state index in [1.165, 1.54) is 12.7 Å². The van der Waals surface area contributed by atoms with Crippen molar-refractivity contribution in [1.29, 1.82) is 0 Å². The summed E-state index contributed by atoms with van der Waals surface area (Å²) in [5.74, 6) is -0.351. The van der Waals surface area contributed by atoms with Crippen molar-refractivity contribution in [2.75, 3.05) is 33.3 Å². The SMILES string of the molecule is COC(=O)CCC(=O)N1CCN(C(=O)Cc2ccc(C)cc2C)CC1. The largest absolute Gasteiger partial charge is 0.469 e. The number of ether oxygens (including phenoxy) is 1. The van der Waals surface area contributed by atoms with Gasteiger partial charge in [0.1, 0.15) is 0 Å². The maximum Gasteiger partial charge on any atom is 0.306 e. The lowest BCUT2D eigenvalue weighted by atomic mass is 10.0. The lowest BCUT2D eigenvalue weighted by molar-refractivity contribution is -0.144. The molecule has 1 heterocycles. The third kappa shape index (κ3) is 5.31. The van der Waals surface area contributed by atoms with Crippen LogP contribution < -0.4 is 0 Å². The van der Waals surface area contributed by atoms with Crippen molar-refractivity contribution < 1.29 is 19.1 Å². The lowest BCUT2D eigenvalue weighted by Crippen LogP contribution is -2.51. The standard InChI is InChI=1S/C19H26N2O4/c1-14-4-5-16(15(2)12-14)13-18(23)21-10-8-20(9-11-21)17(22)6-7-19(24)25-3/h4-5,12H,6-11,13H2,1-3H3. The van der Waals surface area contributed by atoms with Gasteiger partial charge in [0, 0.05) is 32.6 Å². The van der Waals surface area contributed by atoms with E-state index in [2.05, 4.69) is 10.8 Å². The van der Waals surface area contributed by atoms with Crippen molar-refractivity contribution in [3.63, 3.8) is 0 Å². The maximum absolute atomic E-state index is 12.5. The van der Waals surface area contributed by atoms with E-state index in [1.54, 1.807) is 4.90 Å². The molecule has 0 saturated carbocycles. The summed E-state index contributed by atoms with van der Waals surface area (Å²) in [6.07, 6.45) is 0.646. The molecule has 1 aliphatic heterocycles. The number of benzene rings is 1. The summed E-state index contributed by atoms with van der Waals surface area (Å²) in [5, 5.41) is 0. The highest BCUT2D eigenvalue weighted by molar-refractivity contribution is 5.82. The molecule has 0 aromatic heterocycles. The van der Waals surface area contributed by atoms with Gasteiger partial charge in [0.2, 0.25) is 11.8 Å². The number of amides is 2. The third-order valence-corrected chi connectivity index (χ3v) is 4.60. The van der Waals surface area contributed by atoms with E-state index in [0.29, 0.717) is 32.6 Å². The van der Waals surface area contributed by atoms with Crippen LogP contribution in [-0.2, 0) is 25.5 Å². The highest BCUT2D eigenvalue weighted by Crippen LogP contribution is 2.14. The van der Waals surface area contributed by atoms with Gasteiger partial charge in [0.25, 0.3) is 0 Å². The van der Waals surface area contributed by atoms with Gasteiger partial charge in [-0.2, -0.15) is 0 Å². The highest BCUT2D eigenvalue weighted by atomic mass is 16.5. The summed E-state index contributed by atoms with van der Waals surface area (Å²) in [5.41, 5.74) is 3.37. The molecule has 0 radical (unpaired) electrons. The topological polar surface area (TPSA) is 66.9 Å². The van der Waals surface area contributed by atoms with Crippen LogP contribution in [0.4, 0.5) is 0 Å². The van der Waals surface area contributed by atoms with Crippen LogP contribution in [0, 0.1) is 13.8 Å². The summed E-state index contributed by atoms with van der Waals surface area (Å²) in [6, 6.07) is 6.11. The second-order valence-electron chi connectivity index (χ2n) is 6.44. The number of esters is 1. The molecule has 0 spiro atoms. The minimum atomic E-state index is -0.379. The lowest BCUT2D eigenvalue weighted by Gasteiger charge is -2.35. The molecule has 2 amide bonds. The Morgan fingerprint density at radius 1 is 0.960 bits per heavy atom. The first-order valence-corrected chi connectivity index (χ1v) is 8.59. The third-order valence-electron chi connectivity index (χ3n) is 4.60. The molecule has 0 aliphatic carbocycles. The first-order chi connectivity index (χ1) is 11.9. The van der Waals surface area contributed by atoms with E-state index in [0.717, 1.165) is 11.1 Å². The monoisotopic (exact) mass is 346 g/mol. The van der Waals surface area contributed by atoms with E-state index in [9.17, 15) is 14.4 Å². The minimum absolute atomic E-state index is 0.0631. The van der Waals surface area contributed by atoms with Crippen molar-refractivity contribution in [3.05, 3.63) is 34.9 Å². The number of carbonyl (C=O) groups excluding carboxylic acids is 3. The Balaban J connectivity index is 1.82. The van der Waals surface area contributed by atoms with Crippen LogP contribution in [0.5, 0.6) is 0 Å². The van der Waals surface area contributed by atoms with Crippen molar-refractivity contribution in [2.45, 2.75) is 33.1 Å². The quantitative estimate of drug-likeness (QED) is 0.757. The zero-order valence-electron chi connectivity index (χ0n) is 15.2. The molecule has 136 valence electrons. The molecule has 1 aliphatic rings. The molecule has 0 bridgehead atoms. The van der Waals surface area contributed by atoms with Crippen LogP contribution in [0.3, 0.4) is 0 Å². The maximum atomic E-state index is 12.5. The molecular formula is C19H26N2O4. The number of carbonyl (C=O) groups is 3. The fourth-order valence-electron chi connectivity index (χ4n) is 2.99. The molecule has 1 fully saturated rings. The smallest absolute Gasteiger partial charge is 0.306 e. The van der Waals surface area contributed by atoms with Gasteiger partial charge in [0.05, 0.1) is 20.0 Å². The molecule has 1 aromatic carbocycles. The van der Waals surface area contributed by atoms with Crippen molar-refractivity contribution >= 4 is 17.8 Å². The van der Waals surface area contributed by atoms with Gasteiger partial charge in [-0.3, -0.25) is 14.4 Å². The summed E-state index contributed by atoms with van der Waals surface area (Å²) >= 11 is 0. The molecule has 6 heteroatoms. The highest BCUT2D eigenvalue weighted by Gasteiger charge is 2.24. The summed E-state index contributed by atoms with van der Waals surface area (Å²) in [7, 11) is 1.31. The number of hydrogen-bond acceptors (Lipinski definition) is 4. The number of methoxy groups -OCH3 is 1. The molecule has 25 heavy (non-hydrogen) atoms. The van der Waals surface area contributed by atoms with E-state index in [-0.39, 0.29) is 30.6 Å². The van der Waals surface area contributed by atoms with Crippen LogP contribution >= 0.6 is 0 Å². The molecule has 1 saturated heterocycles. The van der Waals surface area contributed by atoms with Gasteiger partial charge < -0.3 is 14.5 Å².